The van der Waals surface area contributed by atoms with E-state index in [2.05, 4.69) is 67.1 Å². The molecule has 4 aromatic rings. The molecule has 0 aliphatic heterocycles. The fraction of sp³-hybridized carbons (Fsp3) is 0.296. The number of benzene rings is 2. The van der Waals surface area contributed by atoms with Gasteiger partial charge in [0.25, 0.3) is 0 Å². The summed E-state index contributed by atoms with van der Waals surface area (Å²) < 4.78 is 8.01. The van der Waals surface area contributed by atoms with Gasteiger partial charge in [-0.1, -0.05) is 57.2 Å². The fourth-order valence-electron chi connectivity index (χ4n) is 4.03. The first-order valence-electron chi connectivity index (χ1n) is 11.7. The van der Waals surface area contributed by atoms with E-state index in [0.29, 0.717) is 31.3 Å². The Balaban J connectivity index is 1.61. The molecule has 0 saturated heterocycles. The third-order valence-electron chi connectivity index (χ3n) is 5.85. The van der Waals surface area contributed by atoms with Crippen LogP contribution in [-0.2, 0) is 19.6 Å². The molecule has 34 heavy (non-hydrogen) atoms. The van der Waals surface area contributed by atoms with Gasteiger partial charge in [0, 0.05) is 24.0 Å². The SMILES string of the molecule is CCc1c(-c2ccc(OCc3ccc(C(C)C)cc3)cc2)c(-c2ccnc(N)n2)nn1CCN. The van der Waals surface area contributed by atoms with Crippen molar-refractivity contribution in [1.82, 2.24) is 19.7 Å². The zero-order valence-corrected chi connectivity index (χ0v) is 20.0. The van der Waals surface area contributed by atoms with Gasteiger partial charge in [-0.25, -0.2) is 9.97 Å². The number of nitrogens with two attached hydrogens (primary N) is 2. The van der Waals surface area contributed by atoms with Gasteiger partial charge < -0.3 is 16.2 Å². The first kappa shape index (κ1) is 23.4. The molecule has 0 radical (unpaired) electrons. The van der Waals surface area contributed by atoms with Crippen molar-refractivity contribution in [3.8, 4) is 28.3 Å². The van der Waals surface area contributed by atoms with Gasteiger partial charge in [0.05, 0.1) is 12.2 Å². The average molecular weight is 457 g/mol. The molecule has 0 saturated carbocycles. The van der Waals surface area contributed by atoms with E-state index in [1.807, 2.05) is 22.9 Å². The van der Waals surface area contributed by atoms with Crippen molar-refractivity contribution >= 4 is 5.95 Å². The monoisotopic (exact) mass is 456 g/mol. The lowest BCUT2D eigenvalue weighted by molar-refractivity contribution is 0.306. The van der Waals surface area contributed by atoms with Gasteiger partial charge in [0.2, 0.25) is 5.95 Å². The van der Waals surface area contributed by atoms with Gasteiger partial charge in [0.1, 0.15) is 18.1 Å². The Morgan fingerprint density at radius 3 is 2.35 bits per heavy atom. The zero-order valence-electron chi connectivity index (χ0n) is 20.0. The van der Waals surface area contributed by atoms with Gasteiger partial charge in [-0.15, -0.1) is 0 Å². The number of rotatable bonds is 9. The van der Waals surface area contributed by atoms with Crippen molar-refractivity contribution in [1.29, 1.82) is 0 Å². The highest BCUT2D eigenvalue weighted by atomic mass is 16.5. The summed E-state index contributed by atoms with van der Waals surface area (Å²) in [7, 11) is 0. The van der Waals surface area contributed by atoms with Crippen LogP contribution in [0.4, 0.5) is 5.95 Å². The molecular formula is C27H32N6O. The van der Waals surface area contributed by atoms with Crippen LogP contribution in [0.1, 0.15) is 43.5 Å². The van der Waals surface area contributed by atoms with E-state index in [4.69, 9.17) is 21.3 Å². The van der Waals surface area contributed by atoms with Crippen LogP contribution < -0.4 is 16.2 Å². The third-order valence-corrected chi connectivity index (χ3v) is 5.85. The summed E-state index contributed by atoms with van der Waals surface area (Å²) in [5, 5.41) is 4.84. The second kappa shape index (κ2) is 10.5. The number of hydrogen-bond acceptors (Lipinski definition) is 6. The maximum Gasteiger partial charge on any atom is 0.220 e. The smallest absolute Gasteiger partial charge is 0.220 e. The van der Waals surface area contributed by atoms with Gasteiger partial charge >= 0.3 is 0 Å². The number of anilines is 1. The van der Waals surface area contributed by atoms with E-state index in [9.17, 15) is 0 Å². The zero-order chi connectivity index (χ0) is 24.1. The highest BCUT2D eigenvalue weighted by Crippen LogP contribution is 2.35. The minimum atomic E-state index is 0.222. The van der Waals surface area contributed by atoms with Crippen molar-refractivity contribution in [3.05, 3.63) is 77.6 Å². The van der Waals surface area contributed by atoms with Crippen molar-refractivity contribution < 1.29 is 4.74 Å². The Kier molecular flexibility index (Phi) is 7.23. The molecule has 0 bridgehead atoms. The summed E-state index contributed by atoms with van der Waals surface area (Å²) in [5.41, 5.74) is 18.8. The molecule has 2 heterocycles. The molecule has 176 valence electrons. The van der Waals surface area contributed by atoms with Crippen LogP contribution in [0.3, 0.4) is 0 Å². The molecule has 4 rings (SSSR count). The molecule has 0 aliphatic carbocycles. The maximum absolute atomic E-state index is 6.04. The molecular weight excluding hydrogens is 424 g/mol. The second-order valence-electron chi connectivity index (χ2n) is 8.55. The van der Waals surface area contributed by atoms with Gasteiger partial charge in [-0.05, 0) is 47.2 Å². The Hall–Kier alpha value is -3.71. The Labute approximate surface area is 200 Å². The summed E-state index contributed by atoms with van der Waals surface area (Å²) in [5.74, 6) is 1.56. The van der Waals surface area contributed by atoms with E-state index in [1.54, 1.807) is 6.20 Å². The number of nitrogens with zero attached hydrogens (tertiary/aromatic N) is 4. The highest BCUT2D eigenvalue weighted by Gasteiger charge is 2.20. The van der Waals surface area contributed by atoms with Gasteiger partial charge in [0.15, 0.2) is 0 Å². The molecule has 2 aromatic carbocycles. The molecule has 7 heteroatoms. The number of ether oxygens (including phenoxy) is 1. The lowest BCUT2D eigenvalue weighted by Crippen LogP contribution is -2.13. The molecule has 2 aromatic heterocycles. The summed E-state index contributed by atoms with van der Waals surface area (Å²) in [6.07, 6.45) is 2.47. The first-order chi connectivity index (χ1) is 16.5. The topological polar surface area (TPSA) is 105 Å². The molecule has 0 spiro atoms. The van der Waals surface area contributed by atoms with Crippen molar-refractivity contribution in [2.75, 3.05) is 12.3 Å². The van der Waals surface area contributed by atoms with Crippen LogP contribution in [-0.4, -0.2) is 26.3 Å². The van der Waals surface area contributed by atoms with E-state index >= 15 is 0 Å². The molecule has 4 N–H and O–H groups in total. The first-order valence-corrected chi connectivity index (χ1v) is 11.7. The van der Waals surface area contributed by atoms with Gasteiger partial charge in [-0.2, -0.15) is 5.10 Å². The fourth-order valence-corrected chi connectivity index (χ4v) is 4.03. The van der Waals surface area contributed by atoms with Crippen molar-refractivity contribution in [2.24, 2.45) is 5.73 Å². The van der Waals surface area contributed by atoms with Crippen LogP contribution in [0.2, 0.25) is 0 Å². The number of nitrogen functional groups attached to an aromatic ring is 1. The Bertz CT molecular complexity index is 1230. The largest absolute Gasteiger partial charge is 0.489 e. The predicted octanol–water partition coefficient (Wildman–Crippen LogP) is 4.81. The van der Waals surface area contributed by atoms with Crippen LogP contribution in [0.5, 0.6) is 5.75 Å². The van der Waals surface area contributed by atoms with E-state index < -0.39 is 0 Å². The summed E-state index contributed by atoms with van der Waals surface area (Å²) in [4.78, 5) is 8.43. The maximum atomic E-state index is 6.04. The molecule has 0 fully saturated rings. The lowest BCUT2D eigenvalue weighted by atomic mass is 10.00. The quantitative estimate of drug-likeness (QED) is 0.374. The number of aromatic nitrogens is 4. The molecule has 0 atom stereocenters. The van der Waals surface area contributed by atoms with Crippen molar-refractivity contribution in [3.63, 3.8) is 0 Å². The molecule has 0 amide bonds. The van der Waals surface area contributed by atoms with Crippen LogP contribution in [0, 0.1) is 0 Å². The average Bonchev–Trinajstić information content (AvgIpc) is 3.22. The standard InChI is InChI=1S/C27H32N6O/c1-4-24-25(26(32-33(24)16-14-28)23-13-15-30-27(29)31-23)21-9-11-22(12-10-21)34-17-19-5-7-20(8-6-19)18(2)3/h5-13,15,18H,4,14,16-17,28H2,1-3H3,(H2,29,30,31). The van der Waals surface area contributed by atoms with Crippen LogP contribution >= 0.6 is 0 Å². The van der Waals surface area contributed by atoms with E-state index in [1.165, 1.54) is 5.56 Å². The minimum absolute atomic E-state index is 0.222. The highest BCUT2D eigenvalue weighted by molar-refractivity contribution is 5.81. The third kappa shape index (κ3) is 5.10. The van der Waals surface area contributed by atoms with Crippen LogP contribution in [0.15, 0.2) is 60.8 Å². The summed E-state index contributed by atoms with van der Waals surface area (Å²) in [6, 6.07) is 18.5. The van der Waals surface area contributed by atoms with E-state index in [0.717, 1.165) is 40.2 Å². The van der Waals surface area contributed by atoms with E-state index in [-0.39, 0.29) is 5.95 Å². The predicted molar refractivity (Wildman–Crippen MR) is 136 cm³/mol. The lowest BCUT2D eigenvalue weighted by Gasteiger charge is -2.11. The van der Waals surface area contributed by atoms with Gasteiger partial charge in [-0.3, -0.25) is 4.68 Å². The normalized spacial score (nSPS) is 11.2. The van der Waals surface area contributed by atoms with Crippen LogP contribution in [0.25, 0.3) is 22.5 Å². The molecule has 0 unspecified atom stereocenters. The Morgan fingerprint density at radius 1 is 1.00 bits per heavy atom. The minimum Gasteiger partial charge on any atom is -0.489 e. The second-order valence-corrected chi connectivity index (χ2v) is 8.55. The number of hydrogen-bond donors (Lipinski definition) is 2. The van der Waals surface area contributed by atoms with Crippen molar-refractivity contribution in [2.45, 2.75) is 46.3 Å². The summed E-state index contributed by atoms with van der Waals surface area (Å²) >= 11 is 0. The molecule has 0 aliphatic rings. The summed E-state index contributed by atoms with van der Waals surface area (Å²) in [6.45, 7) is 8.17. The Morgan fingerprint density at radius 2 is 1.74 bits per heavy atom. The molecule has 7 nitrogen and oxygen atoms in total.